The minimum absolute atomic E-state index is 0. The highest BCUT2D eigenvalue weighted by molar-refractivity contribution is 14.0. The van der Waals surface area contributed by atoms with Crippen LogP contribution in [0.15, 0.2) is 23.2 Å². The Morgan fingerprint density at radius 2 is 1.95 bits per heavy atom. The van der Waals surface area contributed by atoms with Gasteiger partial charge in [-0.3, -0.25) is 4.99 Å². The third-order valence-electron chi connectivity index (χ3n) is 4.23. The van der Waals surface area contributed by atoms with Gasteiger partial charge in [0.05, 0.1) is 12.1 Å². The molecule has 0 bridgehead atoms. The Balaban J connectivity index is 0.00000220. The average molecular weight is 403 g/mol. The normalized spacial score (nSPS) is 14.5. The van der Waals surface area contributed by atoms with E-state index in [1.54, 1.807) is 0 Å². The molecule has 0 heterocycles. The van der Waals surface area contributed by atoms with Gasteiger partial charge in [0, 0.05) is 5.69 Å². The molecule has 118 valence electrons. The number of hydrogen-bond donors (Lipinski definition) is 3. The van der Waals surface area contributed by atoms with E-state index < -0.39 is 5.60 Å². The minimum Gasteiger partial charge on any atom is -0.388 e. The van der Waals surface area contributed by atoms with E-state index >= 15 is 0 Å². The number of guanidine groups is 1. The third kappa shape index (κ3) is 4.85. The Hall–Kier alpha value is -0.820. The minimum atomic E-state index is -0.746. The van der Waals surface area contributed by atoms with Crippen molar-refractivity contribution in [1.82, 2.24) is 0 Å². The van der Waals surface area contributed by atoms with Crippen LogP contribution >= 0.6 is 24.0 Å². The molecule has 0 fully saturated rings. The van der Waals surface area contributed by atoms with Gasteiger partial charge in [-0.1, -0.05) is 19.9 Å². The van der Waals surface area contributed by atoms with E-state index in [9.17, 15) is 5.11 Å². The van der Waals surface area contributed by atoms with Crippen molar-refractivity contribution in [2.75, 3.05) is 11.9 Å². The Labute approximate surface area is 144 Å². The van der Waals surface area contributed by atoms with Crippen molar-refractivity contribution >= 4 is 35.6 Å². The molecule has 0 spiro atoms. The number of nitrogens with zero attached hydrogens (tertiary/aromatic N) is 1. The third-order valence-corrected chi connectivity index (χ3v) is 4.23. The summed E-state index contributed by atoms with van der Waals surface area (Å²) in [6.07, 6.45) is 4.92. The second kappa shape index (κ2) is 7.98. The molecule has 1 aromatic carbocycles. The van der Waals surface area contributed by atoms with Gasteiger partial charge in [0.1, 0.15) is 0 Å². The molecule has 1 aliphatic carbocycles. The average Bonchev–Trinajstić information content (AvgIpc) is 2.92. The summed E-state index contributed by atoms with van der Waals surface area (Å²) in [4.78, 5) is 4.26. The summed E-state index contributed by atoms with van der Waals surface area (Å²) in [6, 6.07) is 6.35. The zero-order chi connectivity index (χ0) is 14.6. The first kappa shape index (κ1) is 18.2. The van der Waals surface area contributed by atoms with Crippen LogP contribution in [0.5, 0.6) is 0 Å². The van der Waals surface area contributed by atoms with E-state index in [4.69, 9.17) is 5.73 Å². The lowest BCUT2D eigenvalue weighted by Crippen LogP contribution is -2.33. The van der Waals surface area contributed by atoms with Crippen LogP contribution in [0.3, 0.4) is 0 Å². The summed E-state index contributed by atoms with van der Waals surface area (Å²) in [6.45, 7) is 4.26. The van der Waals surface area contributed by atoms with Crippen molar-refractivity contribution in [2.24, 2.45) is 10.7 Å². The highest BCUT2D eigenvalue weighted by Gasteiger charge is 2.21. The Kier molecular flexibility index (Phi) is 6.93. The Morgan fingerprint density at radius 1 is 1.29 bits per heavy atom. The molecule has 2 rings (SSSR count). The molecule has 4 N–H and O–H groups in total. The van der Waals surface area contributed by atoms with Crippen LogP contribution in [-0.2, 0) is 12.8 Å². The van der Waals surface area contributed by atoms with Crippen molar-refractivity contribution in [3.8, 4) is 0 Å². The molecule has 0 unspecified atom stereocenters. The topological polar surface area (TPSA) is 70.6 Å². The first-order valence-electron chi connectivity index (χ1n) is 7.47. The first-order valence-corrected chi connectivity index (χ1v) is 7.47. The smallest absolute Gasteiger partial charge is 0.193 e. The quantitative estimate of drug-likeness (QED) is 0.402. The number of nitrogens with two attached hydrogens (primary N) is 1. The van der Waals surface area contributed by atoms with E-state index in [1.165, 1.54) is 24.0 Å². The van der Waals surface area contributed by atoms with Gasteiger partial charge in [0.2, 0.25) is 0 Å². The molecule has 0 saturated carbocycles. The predicted octanol–water partition coefficient (Wildman–Crippen LogP) is 3.07. The Morgan fingerprint density at radius 3 is 2.62 bits per heavy atom. The Bertz CT molecular complexity index is 498. The first-order chi connectivity index (χ1) is 9.56. The van der Waals surface area contributed by atoms with Crippen molar-refractivity contribution in [2.45, 2.75) is 51.6 Å². The van der Waals surface area contributed by atoms with Crippen molar-refractivity contribution < 1.29 is 5.11 Å². The van der Waals surface area contributed by atoms with E-state index in [-0.39, 0.29) is 24.0 Å². The maximum atomic E-state index is 10.2. The van der Waals surface area contributed by atoms with Crippen LogP contribution in [0.1, 0.15) is 44.2 Å². The fourth-order valence-electron chi connectivity index (χ4n) is 2.54. The number of aryl methyl sites for hydroxylation is 2. The molecule has 4 nitrogen and oxygen atoms in total. The summed E-state index contributed by atoms with van der Waals surface area (Å²) in [5.41, 5.74) is 8.97. The molecule has 0 radical (unpaired) electrons. The van der Waals surface area contributed by atoms with Crippen LogP contribution in [0.25, 0.3) is 0 Å². The summed E-state index contributed by atoms with van der Waals surface area (Å²) in [7, 11) is 0. The second-order valence-corrected chi connectivity index (χ2v) is 5.59. The highest BCUT2D eigenvalue weighted by atomic mass is 127. The van der Waals surface area contributed by atoms with Gasteiger partial charge in [-0.25, -0.2) is 0 Å². The van der Waals surface area contributed by atoms with E-state index in [2.05, 4.69) is 22.4 Å². The number of fused-ring (bicyclic) bond motifs is 1. The van der Waals surface area contributed by atoms with Crippen LogP contribution in [0.2, 0.25) is 0 Å². The van der Waals surface area contributed by atoms with Crippen molar-refractivity contribution in [3.63, 3.8) is 0 Å². The highest BCUT2D eigenvalue weighted by Crippen LogP contribution is 2.24. The number of rotatable bonds is 5. The molecule has 0 saturated heterocycles. The van der Waals surface area contributed by atoms with Crippen molar-refractivity contribution in [1.29, 1.82) is 0 Å². The molecule has 0 aliphatic heterocycles. The number of benzene rings is 1. The second-order valence-electron chi connectivity index (χ2n) is 5.59. The number of aliphatic hydroxyl groups is 1. The van der Waals surface area contributed by atoms with Crippen molar-refractivity contribution in [3.05, 3.63) is 29.3 Å². The summed E-state index contributed by atoms with van der Waals surface area (Å²) < 4.78 is 0. The number of aliphatic imine (C=N–C) groups is 1. The molecular weight excluding hydrogens is 377 g/mol. The van der Waals surface area contributed by atoms with Gasteiger partial charge in [-0.05, 0) is 55.4 Å². The lowest BCUT2D eigenvalue weighted by Gasteiger charge is -2.22. The standard InChI is InChI=1S/C16H25N3O.HI/c1-3-16(20,4-2)11-18-15(17)19-14-9-8-12-6-5-7-13(12)10-14;/h8-10,20H,3-7,11H2,1-2H3,(H3,17,18,19);1H. The summed E-state index contributed by atoms with van der Waals surface area (Å²) in [5, 5.41) is 13.3. The monoisotopic (exact) mass is 403 g/mol. The van der Waals surface area contributed by atoms with Gasteiger partial charge < -0.3 is 16.2 Å². The number of anilines is 1. The fourth-order valence-corrected chi connectivity index (χ4v) is 2.54. The number of hydrogen-bond acceptors (Lipinski definition) is 2. The molecular formula is C16H26IN3O. The number of halogens is 1. The van der Waals surface area contributed by atoms with E-state index in [0.717, 1.165) is 12.1 Å². The largest absolute Gasteiger partial charge is 0.388 e. The predicted molar refractivity (Wildman–Crippen MR) is 99.5 cm³/mol. The summed E-state index contributed by atoms with van der Waals surface area (Å²) >= 11 is 0. The van der Waals surface area contributed by atoms with Gasteiger partial charge in [-0.15, -0.1) is 24.0 Å². The lowest BCUT2D eigenvalue weighted by atomic mass is 9.98. The molecule has 5 heteroatoms. The van der Waals surface area contributed by atoms with Gasteiger partial charge in [-0.2, -0.15) is 0 Å². The lowest BCUT2D eigenvalue weighted by molar-refractivity contribution is 0.0419. The van der Waals surface area contributed by atoms with Crippen LogP contribution < -0.4 is 11.1 Å². The zero-order valence-corrected chi connectivity index (χ0v) is 15.2. The van der Waals surface area contributed by atoms with Gasteiger partial charge >= 0.3 is 0 Å². The maximum absolute atomic E-state index is 10.2. The van der Waals surface area contributed by atoms with E-state index in [0.29, 0.717) is 25.3 Å². The van der Waals surface area contributed by atoms with Gasteiger partial charge in [0.25, 0.3) is 0 Å². The SMILES string of the molecule is CCC(O)(CC)CN=C(N)Nc1ccc2c(c1)CCC2.I. The van der Waals surface area contributed by atoms with Crippen LogP contribution in [0.4, 0.5) is 5.69 Å². The molecule has 0 aromatic heterocycles. The number of nitrogens with one attached hydrogen (secondary N) is 1. The van der Waals surface area contributed by atoms with Crippen LogP contribution in [-0.4, -0.2) is 23.2 Å². The molecule has 0 amide bonds. The van der Waals surface area contributed by atoms with E-state index in [1.807, 2.05) is 19.9 Å². The molecule has 1 aromatic rings. The van der Waals surface area contributed by atoms with Crippen LogP contribution in [0, 0.1) is 0 Å². The molecule has 1 aliphatic rings. The zero-order valence-electron chi connectivity index (χ0n) is 12.9. The molecule has 0 atom stereocenters. The van der Waals surface area contributed by atoms with Gasteiger partial charge in [0.15, 0.2) is 5.96 Å². The molecule has 21 heavy (non-hydrogen) atoms. The maximum Gasteiger partial charge on any atom is 0.193 e. The fraction of sp³-hybridized carbons (Fsp3) is 0.562. The summed E-state index contributed by atoms with van der Waals surface area (Å²) in [5.74, 6) is 0.364.